The third-order valence-electron chi connectivity index (χ3n) is 8.11. The van der Waals surface area contributed by atoms with Gasteiger partial charge in [-0.15, -0.1) is 0 Å². The van der Waals surface area contributed by atoms with Gasteiger partial charge in [-0.1, -0.05) is 30.3 Å². The molecule has 10 nitrogen and oxygen atoms in total. The van der Waals surface area contributed by atoms with Crippen LogP contribution in [-0.2, 0) is 11.3 Å². The second kappa shape index (κ2) is 12.9. The van der Waals surface area contributed by atoms with Crippen LogP contribution in [0.25, 0.3) is 28.2 Å². The number of nitrogens with zero attached hydrogens (tertiary/aromatic N) is 6. The highest BCUT2D eigenvalue weighted by molar-refractivity contribution is 5.92. The number of imidazole rings is 1. The first kappa shape index (κ1) is 29.4. The number of carboxylic acids is 1. The number of likely N-dealkylation sites (tertiary alicyclic amines) is 1. The molecule has 226 valence electrons. The van der Waals surface area contributed by atoms with Crippen molar-refractivity contribution < 1.29 is 19.8 Å². The van der Waals surface area contributed by atoms with E-state index in [9.17, 15) is 19.8 Å². The van der Waals surface area contributed by atoms with Gasteiger partial charge < -0.3 is 19.7 Å². The largest absolute Gasteiger partial charge is 0.507 e. The number of hydrogen-bond donors (Lipinski definition) is 2. The Labute approximate surface area is 260 Å². The number of pyridine rings is 1. The van der Waals surface area contributed by atoms with Crippen LogP contribution in [0.3, 0.4) is 0 Å². The van der Waals surface area contributed by atoms with Crippen molar-refractivity contribution in [2.24, 2.45) is 16.1 Å². The average molecular weight is 601 g/mol. The number of aromatic carboxylic acids is 1. The van der Waals surface area contributed by atoms with Crippen LogP contribution in [-0.4, -0.2) is 54.6 Å². The van der Waals surface area contributed by atoms with Crippen LogP contribution in [0.15, 0.2) is 101 Å². The number of phenols is 1. The summed E-state index contributed by atoms with van der Waals surface area (Å²) in [6, 6.07) is 21.5. The van der Waals surface area contributed by atoms with Crippen molar-refractivity contribution in [3.63, 3.8) is 0 Å². The van der Waals surface area contributed by atoms with Gasteiger partial charge in [-0.05, 0) is 90.9 Å². The van der Waals surface area contributed by atoms with Gasteiger partial charge >= 0.3 is 5.97 Å². The Morgan fingerprint density at radius 1 is 0.956 bits per heavy atom. The van der Waals surface area contributed by atoms with Gasteiger partial charge in [0.05, 0.1) is 23.1 Å². The lowest BCUT2D eigenvalue weighted by Crippen LogP contribution is -2.38. The Morgan fingerprint density at radius 3 is 2.49 bits per heavy atom. The lowest BCUT2D eigenvalue weighted by atomic mass is 9.96. The van der Waals surface area contributed by atoms with Crippen molar-refractivity contribution in [1.29, 1.82) is 0 Å². The molecule has 5 aromatic rings. The van der Waals surface area contributed by atoms with Gasteiger partial charge in [0.25, 0.3) is 0 Å². The van der Waals surface area contributed by atoms with Crippen LogP contribution in [0.5, 0.6) is 5.75 Å². The van der Waals surface area contributed by atoms with Crippen LogP contribution in [0, 0.1) is 12.8 Å². The number of aryl methyl sites for hydroxylation is 1. The normalized spacial score (nSPS) is 14.1. The maximum Gasteiger partial charge on any atom is 0.339 e. The van der Waals surface area contributed by atoms with Crippen LogP contribution >= 0.6 is 0 Å². The minimum absolute atomic E-state index is 0.0213. The number of carbonyl (C=O) groups is 2. The van der Waals surface area contributed by atoms with Crippen molar-refractivity contribution in [2.75, 3.05) is 13.1 Å². The summed E-state index contributed by atoms with van der Waals surface area (Å²) in [4.78, 5) is 35.0. The third kappa shape index (κ3) is 6.80. The molecule has 3 aromatic carbocycles. The topological polar surface area (TPSA) is 133 Å². The highest BCUT2D eigenvalue weighted by Crippen LogP contribution is 2.28. The number of piperidine rings is 1. The Balaban J connectivity index is 1.04. The molecule has 0 saturated carbocycles. The zero-order valence-corrected chi connectivity index (χ0v) is 24.7. The Morgan fingerprint density at radius 2 is 1.71 bits per heavy atom. The summed E-state index contributed by atoms with van der Waals surface area (Å²) in [5.41, 5.74) is 5.62. The predicted octanol–water partition coefficient (Wildman–Crippen LogP) is 7.18. The summed E-state index contributed by atoms with van der Waals surface area (Å²) in [5.74, 6) is -0.0550. The molecule has 10 heteroatoms. The molecule has 0 radical (unpaired) electrons. The summed E-state index contributed by atoms with van der Waals surface area (Å²) in [7, 11) is 0. The number of aromatic nitrogens is 3. The van der Waals surface area contributed by atoms with Crippen LogP contribution < -0.4 is 0 Å². The number of carbonyl (C=O) groups excluding carboxylic acids is 1. The van der Waals surface area contributed by atoms with Gasteiger partial charge in [0.15, 0.2) is 0 Å². The number of rotatable bonds is 8. The molecule has 2 N–H and O–H groups in total. The molecule has 1 amide bonds. The number of carboxylic acid groups (broad SMARTS) is 1. The predicted molar refractivity (Wildman–Crippen MR) is 172 cm³/mol. The average Bonchev–Trinajstić information content (AvgIpc) is 3.38. The summed E-state index contributed by atoms with van der Waals surface area (Å²) >= 11 is 0. The number of amides is 1. The smallest absolute Gasteiger partial charge is 0.339 e. The zero-order valence-electron chi connectivity index (χ0n) is 24.7. The van der Waals surface area contributed by atoms with Crippen molar-refractivity contribution in [3.8, 4) is 16.9 Å². The van der Waals surface area contributed by atoms with E-state index in [1.54, 1.807) is 18.5 Å². The van der Waals surface area contributed by atoms with Crippen molar-refractivity contribution in [1.82, 2.24) is 19.4 Å². The quantitative estimate of drug-likeness (QED) is 0.143. The first-order valence-electron chi connectivity index (χ1n) is 14.8. The highest BCUT2D eigenvalue weighted by atomic mass is 16.4. The fourth-order valence-electron chi connectivity index (χ4n) is 5.62. The Hall–Kier alpha value is -5.64. The van der Waals surface area contributed by atoms with Crippen LogP contribution in [0.2, 0.25) is 0 Å². The van der Waals surface area contributed by atoms with Gasteiger partial charge in [-0.3, -0.25) is 9.78 Å². The SMILES string of the molecule is Cc1nc2cnccc2n1CC1CCN(C(=O)/C=C\c2cccc(-c3ccc(N=Nc4ccc(O)c(C(=O)O)c4)cc3)c2)CC1. The molecule has 3 heterocycles. The monoisotopic (exact) mass is 600 g/mol. The molecule has 0 atom stereocenters. The van der Waals surface area contributed by atoms with Gasteiger partial charge in [0, 0.05) is 31.9 Å². The molecule has 1 fully saturated rings. The molecule has 0 bridgehead atoms. The molecule has 1 aliphatic heterocycles. The molecule has 0 aliphatic carbocycles. The molecular formula is C35H32N6O4. The van der Waals surface area contributed by atoms with Crippen molar-refractivity contribution in [3.05, 3.63) is 108 Å². The first-order chi connectivity index (χ1) is 21.8. The zero-order chi connectivity index (χ0) is 31.3. The lowest BCUT2D eigenvalue weighted by Gasteiger charge is -2.31. The number of hydrogen-bond acceptors (Lipinski definition) is 7. The highest BCUT2D eigenvalue weighted by Gasteiger charge is 2.23. The molecule has 0 spiro atoms. The molecule has 1 saturated heterocycles. The van der Waals surface area contributed by atoms with E-state index in [4.69, 9.17) is 0 Å². The molecular weight excluding hydrogens is 568 g/mol. The van der Waals surface area contributed by atoms with Crippen LogP contribution in [0.1, 0.15) is 34.6 Å². The number of azo groups is 1. The fraction of sp³-hybridized carbons (Fsp3) is 0.200. The van der Waals surface area contributed by atoms with E-state index in [-0.39, 0.29) is 17.2 Å². The van der Waals surface area contributed by atoms with Gasteiger partial charge in [-0.25, -0.2) is 9.78 Å². The Bertz CT molecular complexity index is 1920. The van der Waals surface area contributed by atoms with E-state index >= 15 is 0 Å². The maximum atomic E-state index is 13.0. The summed E-state index contributed by atoms with van der Waals surface area (Å²) in [5, 5.41) is 27.1. The van der Waals surface area contributed by atoms with Crippen molar-refractivity contribution in [2.45, 2.75) is 26.3 Å². The number of fused-ring (bicyclic) bond motifs is 1. The third-order valence-corrected chi connectivity index (χ3v) is 8.11. The van der Waals surface area contributed by atoms with E-state index in [1.807, 2.05) is 72.5 Å². The second-order valence-electron chi connectivity index (χ2n) is 11.1. The number of aromatic hydroxyl groups is 1. The second-order valence-corrected chi connectivity index (χ2v) is 11.1. The molecule has 45 heavy (non-hydrogen) atoms. The maximum absolute atomic E-state index is 13.0. The first-order valence-corrected chi connectivity index (χ1v) is 14.8. The van der Waals surface area contributed by atoms with E-state index in [0.717, 1.165) is 66.0 Å². The van der Waals surface area contributed by atoms with E-state index in [0.29, 0.717) is 17.3 Å². The standard InChI is InChI=1S/C35H32N6O4/c1-23-37-31-21-36-16-13-32(31)41(23)22-25-14-17-40(18-15-25)34(43)12-5-24-3-2-4-27(19-24)26-6-8-28(9-7-26)38-39-29-10-11-33(42)30(20-29)35(44)45/h2-13,16,19-21,25,42H,14-15,17-18,22H2,1H3,(H,44,45)/b12-5-,39-38?. The summed E-state index contributed by atoms with van der Waals surface area (Å²) < 4.78 is 2.26. The van der Waals surface area contributed by atoms with E-state index in [1.165, 1.54) is 18.2 Å². The molecule has 2 aromatic heterocycles. The Kier molecular flexibility index (Phi) is 8.45. The van der Waals surface area contributed by atoms with E-state index in [2.05, 4.69) is 24.8 Å². The molecule has 1 aliphatic rings. The van der Waals surface area contributed by atoms with Gasteiger partial charge in [0.2, 0.25) is 5.91 Å². The fourth-order valence-corrected chi connectivity index (χ4v) is 5.62. The van der Waals surface area contributed by atoms with Gasteiger partial charge in [0.1, 0.15) is 22.7 Å². The van der Waals surface area contributed by atoms with Gasteiger partial charge in [-0.2, -0.15) is 10.2 Å². The minimum atomic E-state index is -1.24. The van der Waals surface area contributed by atoms with Crippen molar-refractivity contribution >= 4 is 40.4 Å². The van der Waals surface area contributed by atoms with E-state index < -0.39 is 5.97 Å². The molecule has 0 unspecified atom stereocenters. The summed E-state index contributed by atoms with van der Waals surface area (Å²) in [6.45, 7) is 4.39. The van der Waals surface area contributed by atoms with Crippen LogP contribution in [0.4, 0.5) is 11.4 Å². The summed E-state index contributed by atoms with van der Waals surface area (Å²) in [6.07, 6.45) is 9.02. The lowest BCUT2D eigenvalue weighted by molar-refractivity contribution is -0.127. The minimum Gasteiger partial charge on any atom is -0.507 e. The number of benzene rings is 3. The molecule has 6 rings (SSSR count).